The van der Waals surface area contributed by atoms with Gasteiger partial charge in [0.15, 0.2) is 5.69 Å². The summed E-state index contributed by atoms with van der Waals surface area (Å²) in [6, 6.07) is 1.89. The van der Waals surface area contributed by atoms with Gasteiger partial charge < -0.3 is 0 Å². The molecular formula is C6H4BrN3. The Morgan fingerprint density at radius 1 is 1.50 bits per heavy atom. The van der Waals surface area contributed by atoms with Crippen molar-refractivity contribution in [1.82, 2.24) is 9.97 Å². The lowest BCUT2D eigenvalue weighted by molar-refractivity contribution is 1.08. The lowest BCUT2D eigenvalue weighted by Gasteiger charge is -1.90. The van der Waals surface area contributed by atoms with E-state index in [1.54, 1.807) is 6.20 Å². The Kier molecular flexibility index (Phi) is 2.35. The van der Waals surface area contributed by atoms with Crippen molar-refractivity contribution in [1.29, 1.82) is 5.26 Å². The number of hydrogen-bond donors (Lipinski definition) is 0. The van der Waals surface area contributed by atoms with Crippen LogP contribution in [0.15, 0.2) is 12.4 Å². The highest BCUT2D eigenvalue weighted by Crippen LogP contribution is 1.98. The molecule has 1 rings (SSSR count). The van der Waals surface area contributed by atoms with Crippen LogP contribution in [-0.2, 0) is 5.33 Å². The van der Waals surface area contributed by atoms with Crippen molar-refractivity contribution in [3.63, 3.8) is 0 Å². The Bertz CT molecular complexity index is 249. The molecule has 0 aliphatic rings. The summed E-state index contributed by atoms with van der Waals surface area (Å²) in [5, 5.41) is 9.01. The third kappa shape index (κ3) is 1.52. The van der Waals surface area contributed by atoms with Crippen molar-refractivity contribution < 1.29 is 0 Å². The Hall–Kier alpha value is -0.950. The monoisotopic (exact) mass is 197 g/mol. The van der Waals surface area contributed by atoms with Crippen LogP contribution < -0.4 is 0 Å². The van der Waals surface area contributed by atoms with Crippen LogP contribution in [0.3, 0.4) is 0 Å². The van der Waals surface area contributed by atoms with E-state index < -0.39 is 0 Å². The van der Waals surface area contributed by atoms with E-state index >= 15 is 0 Å². The first-order valence-corrected chi connectivity index (χ1v) is 3.76. The molecule has 50 valence electrons. The predicted octanol–water partition coefficient (Wildman–Crippen LogP) is 1.24. The molecule has 0 aromatic carbocycles. The zero-order valence-corrected chi connectivity index (χ0v) is 6.67. The number of halogens is 1. The normalized spacial score (nSPS) is 8.80. The van der Waals surface area contributed by atoms with Gasteiger partial charge in [0, 0.05) is 5.33 Å². The minimum Gasteiger partial charge on any atom is -0.256 e. The number of alkyl halides is 1. The van der Waals surface area contributed by atoms with E-state index in [-0.39, 0.29) is 0 Å². The molecular weight excluding hydrogens is 194 g/mol. The minimum atomic E-state index is 0.352. The Morgan fingerprint density at radius 2 is 2.30 bits per heavy atom. The van der Waals surface area contributed by atoms with E-state index in [0.29, 0.717) is 11.0 Å². The first kappa shape index (κ1) is 7.16. The molecule has 0 aliphatic carbocycles. The van der Waals surface area contributed by atoms with Gasteiger partial charge >= 0.3 is 0 Å². The highest BCUT2D eigenvalue weighted by atomic mass is 79.9. The summed E-state index contributed by atoms with van der Waals surface area (Å²) in [6.45, 7) is 0. The van der Waals surface area contributed by atoms with Crippen LogP contribution in [0.2, 0.25) is 0 Å². The predicted molar refractivity (Wildman–Crippen MR) is 39.4 cm³/mol. The Balaban J connectivity index is 2.93. The van der Waals surface area contributed by atoms with Crippen molar-refractivity contribution in [3.05, 3.63) is 23.8 Å². The molecule has 0 radical (unpaired) electrons. The van der Waals surface area contributed by atoms with Gasteiger partial charge in [0.05, 0.1) is 18.1 Å². The summed E-state index contributed by atoms with van der Waals surface area (Å²) in [5.74, 6) is 0. The van der Waals surface area contributed by atoms with Crippen molar-refractivity contribution in [2.45, 2.75) is 5.33 Å². The van der Waals surface area contributed by atoms with Gasteiger partial charge in [0.2, 0.25) is 0 Å². The average molecular weight is 198 g/mol. The lowest BCUT2D eigenvalue weighted by atomic mass is 10.4. The van der Waals surface area contributed by atoms with Gasteiger partial charge in [-0.15, -0.1) is 0 Å². The highest BCUT2D eigenvalue weighted by Gasteiger charge is 1.92. The summed E-state index contributed by atoms with van der Waals surface area (Å²) in [7, 11) is 0. The molecule has 1 aromatic rings. The number of nitriles is 1. The van der Waals surface area contributed by atoms with Crippen molar-refractivity contribution in [3.8, 4) is 6.07 Å². The molecule has 0 amide bonds. The molecule has 0 aliphatic heterocycles. The fourth-order valence-electron chi connectivity index (χ4n) is 0.482. The molecule has 0 N–H and O–H groups in total. The topological polar surface area (TPSA) is 49.6 Å². The van der Waals surface area contributed by atoms with Gasteiger partial charge in [0.1, 0.15) is 6.07 Å². The van der Waals surface area contributed by atoms with E-state index in [4.69, 9.17) is 5.26 Å². The molecule has 0 saturated carbocycles. The van der Waals surface area contributed by atoms with E-state index in [2.05, 4.69) is 25.9 Å². The molecule has 1 heterocycles. The number of hydrogen-bond acceptors (Lipinski definition) is 3. The van der Waals surface area contributed by atoms with Crippen LogP contribution in [-0.4, -0.2) is 9.97 Å². The second-order valence-electron chi connectivity index (χ2n) is 1.64. The van der Waals surface area contributed by atoms with Crippen LogP contribution in [0.4, 0.5) is 0 Å². The van der Waals surface area contributed by atoms with Gasteiger partial charge in [-0.25, -0.2) is 4.98 Å². The lowest BCUT2D eigenvalue weighted by Crippen LogP contribution is -1.88. The molecule has 3 nitrogen and oxygen atoms in total. The molecule has 1 aromatic heterocycles. The second-order valence-corrected chi connectivity index (χ2v) is 2.20. The van der Waals surface area contributed by atoms with E-state index in [1.165, 1.54) is 6.20 Å². The Morgan fingerprint density at radius 3 is 2.70 bits per heavy atom. The zero-order valence-electron chi connectivity index (χ0n) is 5.08. The van der Waals surface area contributed by atoms with Crippen molar-refractivity contribution >= 4 is 15.9 Å². The molecule has 0 spiro atoms. The third-order valence-electron chi connectivity index (χ3n) is 0.957. The summed E-state index contributed by atoms with van der Waals surface area (Å²) in [4.78, 5) is 7.75. The Labute approximate surface area is 66.9 Å². The SMILES string of the molecule is N#Cc1cnc(CBr)cn1. The fraction of sp³-hybridized carbons (Fsp3) is 0.167. The molecule has 0 saturated heterocycles. The van der Waals surface area contributed by atoms with Gasteiger partial charge in [-0.1, -0.05) is 15.9 Å². The molecule has 0 atom stereocenters. The molecule has 0 fully saturated rings. The van der Waals surface area contributed by atoms with E-state index in [1.807, 2.05) is 6.07 Å². The fourth-order valence-corrected chi connectivity index (χ4v) is 0.771. The van der Waals surface area contributed by atoms with Gasteiger partial charge in [-0.2, -0.15) is 5.26 Å². The maximum Gasteiger partial charge on any atom is 0.158 e. The van der Waals surface area contributed by atoms with Crippen LogP contribution in [0.25, 0.3) is 0 Å². The number of nitrogens with zero attached hydrogens (tertiary/aromatic N) is 3. The van der Waals surface area contributed by atoms with Gasteiger partial charge in [0.25, 0.3) is 0 Å². The molecule has 4 heteroatoms. The van der Waals surface area contributed by atoms with Crippen LogP contribution in [0.5, 0.6) is 0 Å². The first-order chi connectivity index (χ1) is 4.86. The van der Waals surface area contributed by atoms with Crippen molar-refractivity contribution in [2.75, 3.05) is 0 Å². The quantitative estimate of drug-likeness (QED) is 0.638. The average Bonchev–Trinajstić information content (AvgIpc) is 2.05. The van der Waals surface area contributed by atoms with Crippen LogP contribution in [0.1, 0.15) is 11.4 Å². The smallest absolute Gasteiger partial charge is 0.158 e. The molecule has 10 heavy (non-hydrogen) atoms. The summed E-state index contributed by atoms with van der Waals surface area (Å²) >= 11 is 3.22. The molecule has 0 bridgehead atoms. The number of rotatable bonds is 1. The third-order valence-corrected chi connectivity index (χ3v) is 1.53. The minimum absolute atomic E-state index is 0.352. The second kappa shape index (κ2) is 3.28. The highest BCUT2D eigenvalue weighted by molar-refractivity contribution is 9.08. The standard InChI is InChI=1S/C6H4BrN3/c7-1-5-3-10-6(2-8)4-9-5/h3-4H,1H2. The summed E-state index contributed by atoms with van der Waals surface area (Å²) in [6.07, 6.45) is 3.03. The summed E-state index contributed by atoms with van der Waals surface area (Å²) < 4.78 is 0. The molecule has 0 unspecified atom stereocenters. The largest absolute Gasteiger partial charge is 0.256 e. The van der Waals surface area contributed by atoms with Gasteiger partial charge in [-0.05, 0) is 0 Å². The number of aromatic nitrogens is 2. The van der Waals surface area contributed by atoms with Gasteiger partial charge in [-0.3, -0.25) is 4.98 Å². The maximum atomic E-state index is 8.34. The van der Waals surface area contributed by atoms with E-state index in [9.17, 15) is 0 Å². The summed E-state index contributed by atoms with van der Waals surface area (Å²) in [5.41, 5.74) is 1.18. The zero-order chi connectivity index (χ0) is 7.40. The van der Waals surface area contributed by atoms with E-state index in [0.717, 1.165) is 5.69 Å². The van der Waals surface area contributed by atoms with Crippen LogP contribution in [0, 0.1) is 11.3 Å². The van der Waals surface area contributed by atoms with Crippen molar-refractivity contribution in [2.24, 2.45) is 0 Å². The van der Waals surface area contributed by atoms with Crippen LogP contribution >= 0.6 is 15.9 Å². The maximum absolute atomic E-state index is 8.34. The first-order valence-electron chi connectivity index (χ1n) is 2.64.